The molecule has 1 heterocycles. The molecule has 0 aromatic heterocycles. The second-order valence-electron chi connectivity index (χ2n) is 5.81. The van der Waals surface area contributed by atoms with E-state index in [0.717, 1.165) is 6.54 Å². The van der Waals surface area contributed by atoms with Crippen LogP contribution in [0.25, 0.3) is 0 Å². The maximum absolute atomic E-state index is 3.54. The van der Waals surface area contributed by atoms with Crippen molar-refractivity contribution in [3.05, 3.63) is 0 Å². The molecule has 1 aliphatic rings. The van der Waals surface area contributed by atoms with Gasteiger partial charge < -0.3 is 15.1 Å². The molecule has 0 atom stereocenters. The Kier molecular flexibility index (Phi) is 15.3. The van der Waals surface area contributed by atoms with E-state index in [1.165, 1.54) is 45.7 Å². The van der Waals surface area contributed by atoms with Crippen molar-refractivity contribution in [2.75, 3.05) is 45.8 Å². The third-order valence-corrected chi connectivity index (χ3v) is 3.22. The van der Waals surface area contributed by atoms with E-state index in [1.807, 2.05) is 27.7 Å². The molecule has 1 N–H and O–H groups in total. The van der Waals surface area contributed by atoms with Crippen LogP contribution >= 0.6 is 0 Å². The molecule has 0 bridgehead atoms. The minimum absolute atomic E-state index is 0. The zero-order chi connectivity index (χ0) is 16.0. The number of rotatable bonds is 5. The molecule has 126 valence electrons. The Morgan fingerprint density at radius 2 is 1.35 bits per heavy atom. The van der Waals surface area contributed by atoms with E-state index < -0.39 is 0 Å². The first-order valence-corrected chi connectivity index (χ1v) is 8.71. The minimum atomic E-state index is 0. The molecule has 0 amide bonds. The highest BCUT2D eigenvalue weighted by molar-refractivity contribution is 4.73. The fourth-order valence-electron chi connectivity index (χ4n) is 2.10. The molecule has 0 aromatic rings. The van der Waals surface area contributed by atoms with Crippen molar-refractivity contribution in [2.45, 2.75) is 67.3 Å². The molecule has 3 nitrogen and oxygen atoms in total. The first-order valence-electron chi connectivity index (χ1n) is 8.71. The van der Waals surface area contributed by atoms with Crippen LogP contribution in [0.15, 0.2) is 0 Å². The van der Waals surface area contributed by atoms with Gasteiger partial charge in [-0.1, -0.05) is 34.6 Å². The Bertz CT molecular complexity index is 185. The van der Waals surface area contributed by atoms with Gasteiger partial charge in [-0.25, -0.2) is 0 Å². The van der Waals surface area contributed by atoms with Gasteiger partial charge in [-0.05, 0) is 46.8 Å². The lowest BCUT2D eigenvalue weighted by Crippen LogP contribution is -2.47. The van der Waals surface area contributed by atoms with Crippen LogP contribution in [-0.2, 0) is 0 Å². The van der Waals surface area contributed by atoms with Crippen molar-refractivity contribution in [3.8, 4) is 0 Å². The second kappa shape index (κ2) is 13.8. The number of nitrogens with zero attached hydrogens (tertiary/aromatic N) is 2. The molecule has 0 aromatic carbocycles. The quantitative estimate of drug-likeness (QED) is 0.779. The normalized spacial score (nSPS) is 16.8. The standard InChI is InChI=1S/C13H29N3.2C2H6.H2/c1-5-15-9-11-16(12-10-15)8-6-7-14-13(2,3)4;2*1-2;/h14H,5-12H2,1-4H3;2*1-2H3;1H. The molecule has 0 saturated carbocycles. The van der Waals surface area contributed by atoms with Crippen LogP contribution in [0.1, 0.15) is 63.2 Å². The molecule has 1 rings (SSSR count). The molecule has 0 unspecified atom stereocenters. The number of nitrogens with one attached hydrogen (secondary N) is 1. The van der Waals surface area contributed by atoms with Gasteiger partial charge in [0, 0.05) is 33.1 Å². The Labute approximate surface area is 130 Å². The highest BCUT2D eigenvalue weighted by atomic mass is 15.3. The Morgan fingerprint density at radius 1 is 0.900 bits per heavy atom. The molecule has 20 heavy (non-hydrogen) atoms. The topological polar surface area (TPSA) is 18.5 Å². The fourth-order valence-corrected chi connectivity index (χ4v) is 2.10. The molecule has 0 radical (unpaired) electrons. The van der Waals surface area contributed by atoms with Crippen molar-refractivity contribution in [1.29, 1.82) is 0 Å². The summed E-state index contributed by atoms with van der Waals surface area (Å²) >= 11 is 0. The number of hydrogen-bond acceptors (Lipinski definition) is 3. The molecular formula is C17H43N3. The first-order chi connectivity index (χ1) is 9.51. The van der Waals surface area contributed by atoms with Crippen molar-refractivity contribution in [3.63, 3.8) is 0 Å². The van der Waals surface area contributed by atoms with Crippen LogP contribution in [0.5, 0.6) is 0 Å². The van der Waals surface area contributed by atoms with E-state index in [4.69, 9.17) is 0 Å². The zero-order valence-electron chi connectivity index (χ0n) is 15.6. The van der Waals surface area contributed by atoms with Crippen molar-refractivity contribution in [1.82, 2.24) is 15.1 Å². The van der Waals surface area contributed by atoms with Gasteiger partial charge in [0.05, 0.1) is 0 Å². The van der Waals surface area contributed by atoms with E-state index in [1.54, 1.807) is 0 Å². The summed E-state index contributed by atoms with van der Waals surface area (Å²) in [6.45, 7) is 25.5. The fraction of sp³-hybridized carbons (Fsp3) is 1.00. The lowest BCUT2D eigenvalue weighted by atomic mass is 10.1. The highest BCUT2D eigenvalue weighted by Crippen LogP contribution is 2.02. The summed E-state index contributed by atoms with van der Waals surface area (Å²) in [5.41, 5.74) is 0.265. The summed E-state index contributed by atoms with van der Waals surface area (Å²) in [5, 5.41) is 3.54. The van der Waals surface area contributed by atoms with Crippen LogP contribution in [0, 0.1) is 0 Å². The largest absolute Gasteiger partial charge is 0.312 e. The molecule has 0 aliphatic carbocycles. The Balaban J connectivity index is -0.000000595. The average Bonchev–Trinajstić information content (AvgIpc) is 2.47. The second-order valence-corrected chi connectivity index (χ2v) is 5.81. The monoisotopic (exact) mass is 289 g/mol. The predicted molar refractivity (Wildman–Crippen MR) is 95.7 cm³/mol. The van der Waals surface area contributed by atoms with Crippen LogP contribution in [-0.4, -0.2) is 61.2 Å². The Morgan fingerprint density at radius 3 is 1.75 bits per heavy atom. The maximum Gasteiger partial charge on any atom is 0.0110 e. The minimum Gasteiger partial charge on any atom is -0.312 e. The molecule has 0 spiro atoms. The molecule has 1 aliphatic heterocycles. The Hall–Kier alpha value is -0.120. The summed E-state index contributed by atoms with van der Waals surface area (Å²) in [5.74, 6) is 0. The molecule has 1 saturated heterocycles. The van der Waals surface area contributed by atoms with E-state index in [-0.39, 0.29) is 6.97 Å². The van der Waals surface area contributed by atoms with Crippen LogP contribution < -0.4 is 5.32 Å². The van der Waals surface area contributed by atoms with Gasteiger partial charge in [-0.3, -0.25) is 0 Å². The summed E-state index contributed by atoms with van der Waals surface area (Å²) in [6.07, 6.45) is 1.27. The lowest BCUT2D eigenvalue weighted by Gasteiger charge is -2.34. The van der Waals surface area contributed by atoms with Gasteiger partial charge in [0.1, 0.15) is 0 Å². The predicted octanol–water partition coefficient (Wildman–Crippen LogP) is 3.70. The maximum atomic E-state index is 3.54. The number of hydrogen-bond donors (Lipinski definition) is 1. The van der Waals surface area contributed by atoms with Gasteiger partial charge in [0.2, 0.25) is 0 Å². The summed E-state index contributed by atoms with van der Waals surface area (Å²) in [6, 6.07) is 0. The average molecular weight is 290 g/mol. The number of likely N-dealkylation sites (N-methyl/N-ethyl adjacent to an activating group) is 1. The van der Waals surface area contributed by atoms with Gasteiger partial charge >= 0.3 is 0 Å². The first kappa shape index (κ1) is 22.2. The van der Waals surface area contributed by atoms with Crippen LogP contribution in [0.3, 0.4) is 0 Å². The SMILES string of the molecule is CC.CC.CCN1CCN(CCCNC(C)(C)C)CC1.[HH]. The molecule has 3 heteroatoms. The molecule has 1 fully saturated rings. The van der Waals surface area contributed by atoms with Gasteiger partial charge in [-0.15, -0.1) is 0 Å². The third-order valence-electron chi connectivity index (χ3n) is 3.22. The molecular weight excluding hydrogens is 246 g/mol. The summed E-state index contributed by atoms with van der Waals surface area (Å²) in [4.78, 5) is 5.13. The van der Waals surface area contributed by atoms with E-state index >= 15 is 0 Å². The van der Waals surface area contributed by atoms with Gasteiger partial charge in [0.25, 0.3) is 0 Å². The van der Waals surface area contributed by atoms with Crippen molar-refractivity contribution >= 4 is 0 Å². The van der Waals surface area contributed by atoms with Crippen molar-refractivity contribution < 1.29 is 1.43 Å². The zero-order valence-corrected chi connectivity index (χ0v) is 15.6. The highest BCUT2D eigenvalue weighted by Gasteiger charge is 2.15. The van der Waals surface area contributed by atoms with E-state index in [0.29, 0.717) is 0 Å². The lowest BCUT2D eigenvalue weighted by molar-refractivity contribution is 0.135. The smallest absolute Gasteiger partial charge is 0.0110 e. The van der Waals surface area contributed by atoms with Crippen LogP contribution in [0.4, 0.5) is 0 Å². The van der Waals surface area contributed by atoms with E-state index in [9.17, 15) is 0 Å². The summed E-state index contributed by atoms with van der Waals surface area (Å²) in [7, 11) is 0. The van der Waals surface area contributed by atoms with Gasteiger partial charge in [0.15, 0.2) is 0 Å². The third kappa shape index (κ3) is 12.9. The summed E-state index contributed by atoms with van der Waals surface area (Å²) < 4.78 is 0. The van der Waals surface area contributed by atoms with Crippen molar-refractivity contribution in [2.24, 2.45) is 0 Å². The van der Waals surface area contributed by atoms with Gasteiger partial charge in [-0.2, -0.15) is 0 Å². The number of piperazine rings is 1. The van der Waals surface area contributed by atoms with E-state index in [2.05, 4.69) is 42.8 Å². The van der Waals surface area contributed by atoms with Crippen LogP contribution in [0.2, 0.25) is 0 Å².